The van der Waals surface area contributed by atoms with Crippen LogP contribution in [0, 0.1) is 5.92 Å². The van der Waals surface area contributed by atoms with Crippen molar-refractivity contribution in [2.24, 2.45) is 5.92 Å². The van der Waals surface area contributed by atoms with Crippen LogP contribution in [-0.2, 0) is 17.6 Å². The summed E-state index contributed by atoms with van der Waals surface area (Å²) >= 11 is 0. The first-order valence-corrected chi connectivity index (χ1v) is 10.4. The number of nitrogens with one attached hydrogen (secondary N) is 1. The number of benzene rings is 2. The Labute approximate surface area is 174 Å². The highest BCUT2D eigenvalue weighted by atomic mass is 35.5. The van der Waals surface area contributed by atoms with E-state index in [0.29, 0.717) is 30.3 Å². The molecule has 28 heavy (non-hydrogen) atoms. The highest BCUT2D eigenvalue weighted by Gasteiger charge is 2.38. The average Bonchev–Trinajstić information content (AvgIpc) is 2.96. The van der Waals surface area contributed by atoms with Gasteiger partial charge < -0.3 is 10.2 Å². The standard InChI is InChI=1S/C24H30N2O.ClH/c27-24(26-22-11-12-23(26)18-25-14-13-22)17-21(15-19-7-3-1-4-8-19)16-20-9-5-2-6-10-20;/h1-10,21-23,25H,11-18H2;1H. The molecule has 0 aliphatic carbocycles. The van der Waals surface area contributed by atoms with Gasteiger partial charge in [-0.3, -0.25) is 4.79 Å². The van der Waals surface area contributed by atoms with Crippen LogP contribution < -0.4 is 5.32 Å². The third-order valence-electron chi connectivity index (χ3n) is 6.14. The van der Waals surface area contributed by atoms with Gasteiger partial charge in [-0.25, -0.2) is 0 Å². The number of carbonyl (C=O) groups excluding carboxylic acids is 1. The second-order valence-electron chi connectivity index (χ2n) is 8.13. The van der Waals surface area contributed by atoms with Crippen LogP contribution >= 0.6 is 12.4 Å². The Bertz CT molecular complexity index is 681. The molecule has 0 spiro atoms. The van der Waals surface area contributed by atoms with Crippen LogP contribution in [0.4, 0.5) is 0 Å². The Hall–Kier alpha value is -1.84. The molecule has 3 nitrogen and oxygen atoms in total. The van der Waals surface area contributed by atoms with Crippen LogP contribution in [0.15, 0.2) is 60.7 Å². The molecular formula is C24H31ClN2O. The predicted octanol–water partition coefficient (Wildman–Crippen LogP) is 4.25. The molecule has 2 aliphatic rings. The lowest BCUT2D eigenvalue weighted by Gasteiger charge is -2.30. The number of hydrogen-bond acceptors (Lipinski definition) is 2. The fourth-order valence-electron chi connectivity index (χ4n) is 4.85. The van der Waals surface area contributed by atoms with E-state index in [0.717, 1.165) is 38.8 Å². The van der Waals surface area contributed by atoms with E-state index in [1.54, 1.807) is 0 Å². The molecule has 1 amide bonds. The van der Waals surface area contributed by atoms with Gasteiger partial charge in [0.2, 0.25) is 5.91 Å². The third-order valence-corrected chi connectivity index (χ3v) is 6.14. The van der Waals surface area contributed by atoms with E-state index in [1.165, 1.54) is 17.5 Å². The maximum absolute atomic E-state index is 13.3. The lowest BCUT2D eigenvalue weighted by atomic mass is 9.89. The summed E-state index contributed by atoms with van der Waals surface area (Å²) in [5.41, 5.74) is 2.65. The maximum atomic E-state index is 13.3. The minimum Gasteiger partial charge on any atom is -0.335 e. The van der Waals surface area contributed by atoms with Crippen LogP contribution in [0.2, 0.25) is 0 Å². The van der Waals surface area contributed by atoms with Crippen molar-refractivity contribution in [3.63, 3.8) is 0 Å². The lowest BCUT2D eigenvalue weighted by Crippen LogP contribution is -2.43. The molecule has 2 atom stereocenters. The van der Waals surface area contributed by atoms with Crippen molar-refractivity contribution in [2.45, 2.75) is 50.6 Å². The van der Waals surface area contributed by atoms with Crippen LogP contribution in [-0.4, -0.2) is 36.0 Å². The van der Waals surface area contributed by atoms with Crippen molar-refractivity contribution in [1.29, 1.82) is 0 Å². The molecule has 2 bridgehead atoms. The van der Waals surface area contributed by atoms with E-state index in [-0.39, 0.29) is 12.4 Å². The third kappa shape index (κ3) is 5.15. The Morgan fingerprint density at radius 1 is 0.893 bits per heavy atom. The summed E-state index contributed by atoms with van der Waals surface area (Å²) in [5, 5.41) is 3.50. The Kier molecular flexibility index (Phi) is 7.52. The summed E-state index contributed by atoms with van der Waals surface area (Å²) in [5.74, 6) is 0.709. The summed E-state index contributed by atoms with van der Waals surface area (Å²) in [6.45, 7) is 2.01. The second kappa shape index (κ2) is 10.1. The molecule has 2 heterocycles. The van der Waals surface area contributed by atoms with Gasteiger partial charge in [0.05, 0.1) is 0 Å². The summed E-state index contributed by atoms with van der Waals surface area (Å²) < 4.78 is 0. The molecule has 0 saturated carbocycles. The first-order chi connectivity index (χ1) is 13.3. The van der Waals surface area contributed by atoms with Crippen LogP contribution in [0.1, 0.15) is 36.8 Å². The van der Waals surface area contributed by atoms with Gasteiger partial charge in [0, 0.05) is 25.0 Å². The molecule has 2 unspecified atom stereocenters. The van der Waals surface area contributed by atoms with Crippen molar-refractivity contribution in [3.8, 4) is 0 Å². The van der Waals surface area contributed by atoms with Gasteiger partial charge in [0.15, 0.2) is 0 Å². The maximum Gasteiger partial charge on any atom is 0.223 e. The Balaban J connectivity index is 0.00000225. The largest absolute Gasteiger partial charge is 0.335 e. The molecule has 4 rings (SSSR count). The van der Waals surface area contributed by atoms with E-state index < -0.39 is 0 Å². The van der Waals surface area contributed by atoms with Gasteiger partial charge in [-0.15, -0.1) is 12.4 Å². The van der Waals surface area contributed by atoms with E-state index in [4.69, 9.17) is 0 Å². The summed E-state index contributed by atoms with van der Waals surface area (Å²) in [6.07, 6.45) is 6.01. The smallest absolute Gasteiger partial charge is 0.223 e. The zero-order chi connectivity index (χ0) is 18.5. The monoisotopic (exact) mass is 398 g/mol. The molecule has 1 N–H and O–H groups in total. The normalized spacial score (nSPS) is 21.2. The Morgan fingerprint density at radius 3 is 2.07 bits per heavy atom. The SMILES string of the molecule is Cl.O=C(CC(Cc1ccccc1)Cc1ccccc1)N1C2CCNCC1CC2. The first kappa shape index (κ1) is 20.9. The minimum atomic E-state index is 0. The molecule has 2 fully saturated rings. The van der Waals surface area contributed by atoms with E-state index in [1.807, 2.05) is 0 Å². The lowest BCUT2D eigenvalue weighted by molar-refractivity contribution is -0.134. The van der Waals surface area contributed by atoms with Gasteiger partial charge in [-0.05, 0) is 55.7 Å². The number of hydrogen-bond donors (Lipinski definition) is 1. The molecule has 2 aromatic rings. The summed E-state index contributed by atoms with van der Waals surface area (Å²) in [7, 11) is 0. The summed E-state index contributed by atoms with van der Waals surface area (Å²) in [6, 6.07) is 22.1. The predicted molar refractivity (Wildman–Crippen MR) is 117 cm³/mol. The van der Waals surface area contributed by atoms with Crippen LogP contribution in [0.25, 0.3) is 0 Å². The van der Waals surface area contributed by atoms with Crippen LogP contribution in [0.5, 0.6) is 0 Å². The molecule has 2 aromatic carbocycles. The molecule has 2 saturated heterocycles. The Morgan fingerprint density at radius 2 is 1.46 bits per heavy atom. The zero-order valence-electron chi connectivity index (χ0n) is 16.4. The fraction of sp³-hybridized carbons (Fsp3) is 0.458. The fourth-order valence-corrected chi connectivity index (χ4v) is 4.85. The number of rotatable bonds is 6. The van der Waals surface area contributed by atoms with Crippen molar-refractivity contribution in [3.05, 3.63) is 71.8 Å². The van der Waals surface area contributed by atoms with Crippen molar-refractivity contribution in [1.82, 2.24) is 10.2 Å². The summed E-state index contributed by atoms with van der Waals surface area (Å²) in [4.78, 5) is 15.5. The number of nitrogens with zero attached hydrogens (tertiary/aromatic N) is 1. The van der Waals surface area contributed by atoms with Crippen LogP contribution in [0.3, 0.4) is 0 Å². The van der Waals surface area contributed by atoms with Gasteiger partial charge in [-0.2, -0.15) is 0 Å². The zero-order valence-corrected chi connectivity index (χ0v) is 17.2. The number of carbonyl (C=O) groups is 1. The van der Waals surface area contributed by atoms with Gasteiger partial charge in [0.1, 0.15) is 0 Å². The van der Waals surface area contributed by atoms with Gasteiger partial charge in [-0.1, -0.05) is 60.7 Å². The quantitative estimate of drug-likeness (QED) is 0.788. The van der Waals surface area contributed by atoms with Crippen molar-refractivity contribution in [2.75, 3.05) is 13.1 Å². The molecule has 0 radical (unpaired) electrons. The first-order valence-electron chi connectivity index (χ1n) is 10.4. The molecule has 150 valence electrons. The molecular weight excluding hydrogens is 368 g/mol. The molecule has 4 heteroatoms. The highest BCUT2D eigenvalue weighted by Crippen LogP contribution is 2.30. The highest BCUT2D eigenvalue weighted by molar-refractivity contribution is 5.85. The average molecular weight is 399 g/mol. The van der Waals surface area contributed by atoms with E-state index in [2.05, 4.69) is 70.9 Å². The van der Waals surface area contributed by atoms with Gasteiger partial charge in [0.25, 0.3) is 0 Å². The number of halogens is 1. The minimum absolute atomic E-state index is 0. The van der Waals surface area contributed by atoms with Crippen molar-refractivity contribution >= 4 is 18.3 Å². The number of fused-ring (bicyclic) bond motifs is 2. The molecule has 0 aromatic heterocycles. The van der Waals surface area contributed by atoms with Gasteiger partial charge >= 0.3 is 0 Å². The number of amides is 1. The topological polar surface area (TPSA) is 32.3 Å². The van der Waals surface area contributed by atoms with E-state index in [9.17, 15) is 4.79 Å². The molecule has 2 aliphatic heterocycles. The van der Waals surface area contributed by atoms with Crippen molar-refractivity contribution < 1.29 is 4.79 Å². The second-order valence-corrected chi connectivity index (χ2v) is 8.13. The van der Waals surface area contributed by atoms with E-state index >= 15 is 0 Å².